The van der Waals surface area contributed by atoms with Crippen LogP contribution in [0.25, 0.3) is 11.3 Å². The van der Waals surface area contributed by atoms with Gasteiger partial charge < -0.3 is 0 Å². The highest BCUT2D eigenvalue weighted by Gasteiger charge is 2.25. The van der Waals surface area contributed by atoms with Gasteiger partial charge in [-0.25, -0.2) is 4.98 Å². The Bertz CT molecular complexity index is 624. The molecule has 3 rings (SSSR count). The highest BCUT2D eigenvalue weighted by Crippen LogP contribution is 2.40. The number of rotatable bonds is 2. The van der Waals surface area contributed by atoms with Gasteiger partial charge in [0.1, 0.15) is 0 Å². The average molecular weight is 268 g/mol. The van der Waals surface area contributed by atoms with Crippen LogP contribution in [-0.2, 0) is 0 Å². The summed E-state index contributed by atoms with van der Waals surface area (Å²) in [5, 5.41) is 12.3. The van der Waals surface area contributed by atoms with E-state index in [9.17, 15) is 0 Å². The molecule has 2 nitrogen and oxygen atoms in total. The largest absolute Gasteiger partial charge is 0.241 e. The Labute approximate surface area is 117 Å². The van der Waals surface area contributed by atoms with E-state index in [1.54, 1.807) is 11.3 Å². The first kappa shape index (κ1) is 12.4. The van der Waals surface area contributed by atoms with Crippen molar-refractivity contribution in [3.05, 3.63) is 40.2 Å². The summed E-state index contributed by atoms with van der Waals surface area (Å²) in [5.74, 6) is 1.48. The molecule has 96 valence electrons. The van der Waals surface area contributed by atoms with E-state index < -0.39 is 0 Å². The number of aromatic nitrogens is 1. The summed E-state index contributed by atoms with van der Waals surface area (Å²) < 4.78 is 0. The van der Waals surface area contributed by atoms with Crippen molar-refractivity contribution in [1.82, 2.24) is 4.98 Å². The van der Waals surface area contributed by atoms with Crippen LogP contribution in [0.4, 0.5) is 0 Å². The normalized spacial score (nSPS) is 22.3. The topological polar surface area (TPSA) is 36.7 Å². The molecule has 1 fully saturated rings. The lowest BCUT2D eigenvalue weighted by Crippen LogP contribution is -1.92. The molecule has 0 aliphatic heterocycles. The van der Waals surface area contributed by atoms with Crippen LogP contribution in [-0.4, -0.2) is 4.98 Å². The van der Waals surface area contributed by atoms with Crippen molar-refractivity contribution in [2.45, 2.75) is 32.1 Å². The third kappa shape index (κ3) is 2.54. The summed E-state index contributed by atoms with van der Waals surface area (Å²) in [7, 11) is 0. The number of thiazole rings is 1. The molecule has 0 spiro atoms. The fourth-order valence-electron chi connectivity index (χ4n) is 2.79. The molecule has 2 aromatic rings. The fraction of sp³-hybridized carbons (Fsp3) is 0.375. The van der Waals surface area contributed by atoms with E-state index in [0.717, 1.165) is 17.2 Å². The highest BCUT2D eigenvalue weighted by molar-refractivity contribution is 7.10. The van der Waals surface area contributed by atoms with E-state index in [1.807, 2.05) is 24.3 Å². The molecule has 19 heavy (non-hydrogen) atoms. The van der Waals surface area contributed by atoms with Gasteiger partial charge in [-0.2, -0.15) is 5.26 Å². The van der Waals surface area contributed by atoms with Gasteiger partial charge in [-0.1, -0.05) is 25.5 Å². The number of benzene rings is 1. The van der Waals surface area contributed by atoms with Crippen molar-refractivity contribution in [3.8, 4) is 17.3 Å². The van der Waals surface area contributed by atoms with Crippen molar-refractivity contribution in [2.24, 2.45) is 5.92 Å². The summed E-state index contributed by atoms with van der Waals surface area (Å²) in [5.41, 5.74) is 2.76. The Hall–Kier alpha value is -1.66. The van der Waals surface area contributed by atoms with Crippen LogP contribution in [0.5, 0.6) is 0 Å². The third-order valence-electron chi connectivity index (χ3n) is 3.85. The monoisotopic (exact) mass is 268 g/mol. The molecule has 2 atom stereocenters. The van der Waals surface area contributed by atoms with Crippen LogP contribution in [0.15, 0.2) is 29.6 Å². The second kappa shape index (κ2) is 5.14. The van der Waals surface area contributed by atoms with E-state index in [1.165, 1.54) is 24.3 Å². The van der Waals surface area contributed by atoms with Crippen molar-refractivity contribution in [3.63, 3.8) is 0 Å². The third-order valence-corrected chi connectivity index (χ3v) is 4.86. The molecule has 1 heterocycles. The van der Waals surface area contributed by atoms with E-state index in [-0.39, 0.29) is 0 Å². The molecule has 0 N–H and O–H groups in total. The molecular formula is C16H16N2S. The van der Waals surface area contributed by atoms with Crippen molar-refractivity contribution in [1.29, 1.82) is 5.26 Å². The molecule has 1 aliphatic carbocycles. The molecule has 1 aromatic heterocycles. The van der Waals surface area contributed by atoms with Gasteiger partial charge in [0, 0.05) is 16.9 Å². The molecule has 0 bridgehead atoms. The minimum absolute atomic E-state index is 0.646. The molecule has 1 aromatic carbocycles. The maximum absolute atomic E-state index is 8.95. The van der Waals surface area contributed by atoms with Crippen molar-refractivity contribution in [2.75, 3.05) is 0 Å². The SMILES string of the molecule is CC1CCC(c2nc(-c3cccc(C#N)c3)cs2)C1. The van der Waals surface area contributed by atoms with Gasteiger partial charge in [-0.3, -0.25) is 0 Å². The summed E-state index contributed by atoms with van der Waals surface area (Å²) in [4.78, 5) is 4.78. The minimum atomic E-state index is 0.646. The Morgan fingerprint density at radius 1 is 1.37 bits per heavy atom. The number of hydrogen-bond acceptors (Lipinski definition) is 3. The predicted octanol–water partition coefficient (Wildman–Crippen LogP) is 4.59. The van der Waals surface area contributed by atoms with E-state index in [0.29, 0.717) is 11.5 Å². The predicted molar refractivity (Wildman–Crippen MR) is 78.0 cm³/mol. The van der Waals surface area contributed by atoms with Crippen LogP contribution >= 0.6 is 11.3 Å². The van der Waals surface area contributed by atoms with E-state index >= 15 is 0 Å². The Morgan fingerprint density at radius 3 is 3.00 bits per heavy atom. The summed E-state index contributed by atoms with van der Waals surface area (Å²) in [6.45, 7) is 2.32. The maximum atomic E-state index is 8.95. The quantitative estimate of drug-likeness (QED) is 0.799. The van der Waals surface area contributed by atoms with E-state index in [4.69, 9.17) is 10.2 Å². The first-order chi connectivity index (χ1) is 9.26. The molecule has 0 saturated heterocycles. The second-order valence-electron chi connectivity index (χ2n) is 5.38. The summed E-state index contributed by atoms with van der Waals surface area (Å²) in [6.07, 6.45) is 3.86. The standard InChI is InChI=1S/C16H16N2S/c1-11-5-6-14(7-11)16-18-15(10-19-16)13-4-2-3-12(8-13)9-17/h2-4,8,10-11,14H,5-7H2,1H3. The lowest BCUT2D eigenvalue weighted by atomic mass is 10.1. The molecule has 3 heteroatoms. The molecule has 2 unspecified atom stereocenters. The zero-order chi connectivity index (χ0) is 13.2. The van der Waals surface area contributed by atoms with Gasteiger partial charge in [0.15, 0.2) is 0 Å². The van der Waals surface area contributed by atoms with Crippen molar-refractivity contribution < 1.29 is 0 Å². The van der Waals surface area contributed by atoms with Gasteiger partial charge in [-0.15, -0.1) is 11.3 Å². The molecule has 1 saturated carbocycles. The second-order valence-corrected chi connectivity index (χ2v) is 6.27. The van der Waals surface area contributed by atoms with Gasteiger partial charge >= 0.3 is 0 Å². The van der Waals surface area contributed by atoms with Gasteiger partial charge in [0.05, 0.1) is 22.3 Å². The van der Waals surface area contributed by atoms with Gasteiger partial charge in [0.2, 0.25) is 0 Å². The van der Waals surface area contributed by atoms with Crippen LogP contribution in [0.3, 0.4) is 0 Å². The molecular weight excluding hydrogens is 252 g/mol. The first-order valence-corrected chi connectivity index (χ1v) is 7.60. The smallest absolute Gasteiger partial charge is 0.0991 e. The molecule has 0 radical (unpaired) electrons. The maximum Gasteiger partial charge on any atom is 0.0991 e. The lowest BCUT2D eigenvalue weighted by molar-refractivity contribution is 0.596. The van der Waals surface area contributed by atoms with Crippen LogP contribution in [0.1, 0.15) is 42.7 Å². The first-order valence-electron chi connectivity index (χ1n) is 6.72. The van der Waals surface area contributed by atoms with Crippen LogP contribution < -0.4 is 0 Å². The highest BCUT2D eigenvalue weighted by atomic mass is 32.1. The fourth-order valence-corrected chi connectivity index (χ4v) is 3.77. The van der Waals surface area contributed by atoms with Crippen LogP contribution in [0, 0.1) is 17.2 Å². The molecule has 1 aliphatic rings. The van der Waals surface area contributed by atoms with Crippen LogP contribution in [0.2, 0.25) is 0 Å². The zero-order valence-corrected chi connectivity index (χ0v) is 11.8. The Morgan fingerprint density at radius 2 is 2.26 bits per heavy atom. The average Bonchev–Trinajstić information content (AvgIpc) is 3.07. The van der Waals surface area contributed by atoms with E-state index in [2.05, 4.69) is 18.4 Å². The molecule has 0 amide bonds. The summed E-state index contributed by atoms with van der Waals surface area (Å²) in [6, 6.07) is 9.87. The Balaban J connectivity index is 1.86. The van der Waals surface area contributed by atoms with Crippen molar-refractivity contribution >= 4 is 11.3 Å². The number of nitriles is 1. The minimum Gasteiger partial charge on any atom is -0.241 e. The lowest BCUT2D eigenvalue weighted by Gasteiger charge is -2.04. The number of nitrogens with zero attached hydrogens (tertiary/aromatic N) is 2. The number of hydrogen-bond donors (Lipinski definition) is 0. The van der Waals surface area contributed by atoms with Gasteiger partial charge in [-0.05, 0) is 30.9 Å². The summed E-state index contributed by atoms with van der Waals surface area (Å²) >= 11 is 1.76. The zero-order valence-electron chi connectivity index (χ0n) is 11.0. The Kier molecular flexibility index (Phi) is 3.35. The van der Waals surface area contributed by atoms with Gasteiger partial charge in [0.25, 0.3) is 0 Å².